The highest BCUT2D eigenvalue weighted by molar-refractivity contribution is 6.31. The molecule has 0 spiro atoms. The summed E-state index contributed by atoms with van der Waals surface area (Å²) in [5.41, 5.74) is 0.864. The molecule has 0 amide bonds. The SMILES string of the molecule is CC1CNCC(c2cc(F)ccc2Cl)N1C. The zero-order valence-corrected chi connectivity index (χ0v) is 10.3. The number of halogens is 2. The van der Waals surface area contributed by atoms with Crippen LogP contribution in [0.4, 0.5) is 4.39 Å². The molecule has 16 heavy (non-hydrogen) atoms. The zero-order valence-electron chi connectivity index (χ0n) is 9.50. The number of piperazine rings is 1. The summed E-state index contributed by atoms with van der Waals surface area (Å²) in [7, 11) is 2.05. The molecule has 2 rings (SSSR count). The minimum atomic E-state index is -0.231. The molecule has 0 radical (unpaired) electrons. The number of nitrogens with one attached hydrogen (secondary N) is 1. The van der Waals surface area contributed by atoms with Crippen molar-refractivity contribution in [2.45, 2.75) is 19.0 Å². The maximum Gasteiger partial charge on any atom is 0.123 e. The summed E-state index contributed by atoms with van der Waals surface area (Å²) < 4.78 is 13.2. The molecule has 1 heterocycles. The van der Waals surface area contributed by atoms with Crippen molar-refractivity contribution in [3.8, 4) is 0 Å². The van der Waals surface area contributed by atoms with Crippen LogP contribution in [0.1, 0.15) is 18.5 Å². The molecule has 2 atom stereocenters. The fraction of sp³-hybridized carbons (Fsp3) is 0.500. The second-order valence-electron chi connectivity index (χ2n) is 4.35. The van der Waals surface area contributed by atoms with Crippen LogP contribution in [0.15, 0.2) is 18.2 Å². The van der Waals surface area contributed by atoms with Gasteiger partial charge in [-0.05, 0) is 37.7 Å². The summed E-state index contributed by atoms with van der Waals surface area (Å²) in [4.78, 5) is 2.23. The Balaban J connectivity index is 2.31. The lowest BCUT2D eigenvalue weighted by Crippen LogP contribution is -2.49. The van der Waals surface area contributed by atoms with Gasteiger partial charge in [-0.15, -0.1) is 0 Å². The van der Waals surface area contributed by atoms with Gasteiger partial charge in [0, 0.05) is 30.2 Å². The molecule has 4 heteroatoms. The summed E-state index contributed by atoms with van der Waals surface area (Å²) >= 11 is 6.12. The van der Waals surface area contributed by atoms with Gasteiger partial charge in [-0.3, -0.25) is 4.90 Å². The largest absolute Gasteiger partial charge is 0.313 e. The third-order valence-electron chi connectivity index (χ3n) is 3.28. The van der Waals surface area contributed by atoms with Crippen LogP contribution in [0.3, 0.4) is 0 Å². The third-order valence-corrected chi connectivity index (χ3v) is 3.63. The number of nitrogens with zero attached hydrogens (tertiary/aromatic N) is 1. The molecule has 88 valence electrons. The summed E-state index contributed by atoms with van der Waals surface area (Å²) in [5, 5.41) is 3.97. The Morgan fingerprint density at radius 3 is 2.94 bits per heavy atom. The van der Waals surface area contributed by atoms with E-state index in [0.29, 0.717) is 11.1 Å². The van der Waals surface area contributed by atoms with Gasteiger partial charge in [0.05, 0.1) is 0 Å². The van der Waals surface area contributed by atoms with Crippen molar-refractivity contribution in [2.75, 3.05) is 20.1 Å². The molecule has 0 aliphatic carbocycles. The topological polar surface area (TPSA) is 15.3 Å². The first kappa shape index (κ1) is 11.8. The highest BCUT2D eigenvalue weighted by Crippen LogP contribution is 2.29. The summed E-state index contributed by atoms with van der Waals surface area (Å²) in [6.07, 6.45) is 0. The van der Waals surface area contributed by atoms with E-state index in [1.54, 1.807) is 6.07 Å². The second kappa shape index (κ2) is 4.70. The molecule has 1 N–H and O–H groups in total. The molecular weight excluding hydrogens is 227 g/mol. The van der Waals surface area contributed by atoms with E-state index in [0.717, 1.165) is 18.7 Å². The van der Waals surface area contributed by atoms with Crippen LogP contribution in [0.2, 0.25) is 5.02 Å². The highest BCUT2D eigenvalue weighted by Gasteiger charge is 2.27. The third kappa shape index (κ3) is 2.21. The van der Waals surface area contributed by atoms with Gasteiger partial charge in [0.1, 0.15) is 5.82 Å². The van der Waals surface area contributed by atoms with E-state index in [9.17, 15) is 4.39 Å². The number of hydrogen-bond donors (Lipinski definition) is 1. The molecule has 1 aliphatic heterocycles. The fourth-order valence-corrected chi connectivity index (χ4v) is 2.37. The first-order valence-corrected chi connectivity index (χ1v) is 5.85. The molecule has 1 saturated heterocycles. The minimum Gasteiger partial charge on any atom is -0.313 e. The molecule has 2 unspecified atom stereocenters. The Kier molecular flexibility index (Phi) is 3.47. The van der Waals surface area contributed by atoms with E-state index < -0.39 is 0 Å². The van der Waals surface area contributed by atoms with Crippen LogP contribution >= 0.6 is 11.6 Å². The molecule has 1 aliphatic rings. The number of rotatable bonds is 1. The molecule has 1 aromatic carbocycles. The van der Waals surface area contributed by atoms with Crippen LogP contribution < -0.4 is 5.32 Å². The predicted molar refractivity (Wildman–Crippen MR) is 64.2 cm³/mol. The first-order valence-electron chi connectivity index (χ1n) is 5.47. The van der Waals surface area contributed by atoms with Gasteiger partial charge >= 0.3 is 0 Å². The Morgan fingerprint density at radius 2 is 2.19 bits per heavy atom. The lowest BCUT2D eigenvalue weighted by Gasteiger charge is -2.39. The average molecular weight is 243 g/mol. The van der Waals surface area contributed by atoms with Gasteiger partial charge in [-0.2, -0.15) is 0 Å². The van der Waals surface area contributed by atoms with Gasteiger partial charge < -0.3 is 5.32 Å². The van der Waals surface area contributed by atoms with Crippen molar-refractivity contribution in [2.24, 2.45) is 0 Å². The van der Waals surface area contributed by atoms with E-state index in [1.807, 2.05) is 0 Å². The van der Waals surface area contributed by atoms with Crippen LogP contribution in [0, 0.1) is 5.82 Å². The van der Waals surface area contributed by atoms with Crippen LogP contribution in [-0.2, 0) is 0 Å². The summed E-state index contributed by atoms with van der Waals surface area (Å²) in [6, 6.07) is 5.12. The van der Waals surface area contributed by atoms with Crippen molar-refractivity contribution < 1.29 is 4.39 Å². The minimum absolute atomic E-state index is 0.145. The van der Waals surface area contributed by atoms with E-state index in [2.05, 4.69) is 24.2 Å². The lowest BCUT2D eigenvalue weighted by molar-refractivity contribution is 0.141. The van der Waals surface area contributed by atoms with E-state index in [1.165, 1.54) is 12.1 Å². The first-order chi connectivity index (χ1) is 7.59. The van der Waals surface area contributed by atoms with Crippen molar-refractivity contribution in [1.29, 1.82) is 0 Å². The number of benzene rings is 1. The average Bonchev–Trinajstić information content (AvgIpc) is 2.26. The van der Waals surface area contributed by atoms with Gasteiger partial charge in [0.15, 0.2) is 0 Å². The Morgan fingerprint density at radius 1 is 1.44 bits per heavy atom. The summed E-state index contributed by atoms with van der Waals surface area (Å²) in [6.45, 7) is 3.91. The maximum absolute atomic E-state index is 13.2. The molecule has 2 nitrogen and oxygen atoms in total. The van der Waals surface area contributed by atoms with Crippen LogP contribution in [0.25, 0.3) is 0 Å². The van der Waals surface area contributed by atoms with Crippen molar-refractivity contribution >= 4 is 11.6 Å². The fourth-order valence-electron chi connectivity index (χ4n) is 2.12. The van der Waals surface area contributed by atoms with E-state index in [4.69, 9.17) is 11.6 Å². The Labute approximate surface area is 100 Å². The summed E-state index contributed by atoms with van der Waals surface area (Å²) in [5.74, 6) is -0.231. The number of hydrogen-bond acceptors (Lipinski definition) is 2. The smallest absolute Gasteiger partial charge is 0.123 e. The van der Waals surface area contributed by atoms with Crippen molar-refractivity contribution in [3.63, 3.8) is 0 Å². The van der Waals surface area contributed by atoms with Crippen LogP contribution in [-0.4, -0.2) is 31.1 Å². The lowest BCUT2D eigenvalue weighted by atomic mass is 10.0. The molecule has 1 fully saturated rings. The van der Waals surface area contributed by atoms with Crippen molar-refractivity contribution in [1.82, 2.24) is 10.2 Å². The maximum atomic E-state index is 13.2. The van der Waals surface area contributed by atoms with E-state index in [-0.39, 0.29) is 11.9 Å². The zero-order chi connectivity index (χ0) is 11.7. The van der Waals surface area contributed by atoms with Gasteiger partial charge in [-0.1, -0.05) is 11.6 Å². The quantitative estimate of drug-likeness (QED) is 0.814. The monoisotopic (exact) mass is 242 g/mol. The Bertz CT molecular complexity index is 383. The molecular formula is C12H16ClFN2. The number of likely N-dealkylation sites (N-methyl/N-ethyl adjacent to an activating group) is 1. The predicted octanol–water partition coefficient (Wildman–Crippen LogP) is 2.44. The normalized spacial score (nSPS) is 27.0. The van der Waals surface area contributed by atoms with Crippen LogP contribution in [0.5, 0.6) is 0 Å². The standard InChI is InChI=1S/C12H16ClFN2/c1-8-6-15-7-12(16(8)2)10-5-9(14)3-4-11(10)13/h3-5,8,12,15H,6-7H2,1-2H3. The van der Waals surface area contributed by atoms with E-state index >= 15 is 0 Å². The van der Waals surface area contributed by atoms with Gasteiger partial charge in [0.25, 0.3) is 0 Å². The highest BCUT2D eigenvalue weighted by atomic mass is 35.5. The van der Waals surface area contributed by atoms with Gasteiger partial charge in [0.2, 0.25) is 0 Å². The molecule has 1 aromatic rings. The molecule has 0 saturated carbocycles. The Hall–Kier alpha value is -0.640. The molecule has 0 aromatic heterocycles. The van der Waals surface area contributed by atoms with Crippen molar-refractivity contribution in [3.05, 3.63) is 34.6 Å². The molecule has 0 bridgehead atoms. The van der Waals surface area contributed by atoms with Gasteiger partial charge in [-0.25, -0.2) is 4.39 Å². The second-order valence-corrected chi connectivity index (χ2v) is 4.76.